The molecule has 0 aliphatic heterocycles. The SMILES string of the molecule is O=C(Cn1ccc(OC(F)(F)F)c1)c1ccccc1. The molecule has 0 N–H and O–H groups in total. The minimum Gasteiger partial charge on any atom is -0.404 e. The van der Waals surface area contributed by atoms with E-state index in [4.69, 9.17) is 0 Å². The zero-order valence-electron chi connectivity index (χ0n) is 9.72. The van der Waals surface area contributed by atoms with Crippen molar-refractivity contribution in [3.8, 4) is 5.75 Å². The van der Waals surface area contributed by atoms with Gasteiger partial charge in [-0.05, 0) is 6.07 Å². The second-order valence-corrected chi connectivity index (χ2v) is 3.86. The van der Waals surface area contributed by atoms with Gasteiger partial charge in [-0.3, -0.25) is 4.79 Å². The van der Waals surface area contributed by atoms with Gasteiger partial charge in [0.05, 0.1) is 6.54 Å². The second kappa shape index (κ2) is 5.17. The smallest absolute Gasteiger partial charge is 0.404 e. The molecule has 1 aromatic carbocycles. The molecule has 19 heavy (non-hydrogen) atoms. The van der Waals surface area contributed by atoms with Gasteiger partial charge in [-0.25, -0.2) is 0 Å². The van der Waals surface area contributed by atoms with Crippen LogP contribution in [0.5, 0.6) is 5.75 Å². The van der Waals surface area contributed by atoms with E-state index < -0.39 is 6.36 Å². The van der Waals surface area contributed by atoms with E-state index in [-0.39, 0.29) is 18.1 Å². The van der Waals surface area contributed by atoms with Crippen LogP contribution in [0, 0.1) is 0 Å². The van der Waals surface area contributed by atoms with E-state index in [2.05, 4.69) is 4.74 Å². The highest BCUT2D eigenvalue weighted by Gasteiger charge is 2.31. The molecule has 0 saturated carbocycles. The fourth-order valence-electron chi connectivity index (χ4n) is 1.59. The Balaban J connectivity index is 2.03. The first-order valence-electron chi connectivity index (χ1n) is 5.44. The molecule has 0 aliphatic rings. The van der Waals surface area contributed by atoms with Gasteiger partial charge >= 0.3 is 6.36 Å². The van der Waals surface area contributed by atoms with E-state index in [0.717, 1.165) is 12.3 Å². The first-order valence-corrected chi connectivity index (χ1v) is 5.44. The van der Waals surface area contributed by atoms with Gasteiger partial charge in [-0.15, -0.1) is 13.2 Å². The molecule has 0 bridgehead atoms. The van der Waals surface area contributed by atoms with Gasteiger partial charge in [0.2, 0.25) is 0 Å². The Morgan fingerprint density at radius 3 is 2.47 bits per heavy atom. The van der Waals surface area contributed by atoms with Crippen molar-refractivity contribution in [2.24, 2.45) is 0 Å². The van der Waals surface area contributed by atoms with Crippen LogP contribution in [-0.2, 0) is 6.54 Å². The van der Waals surface area contributed by atoms with Crippen molar-refractivity contribution in [1.82, 2.24) is 4.57 Å². The van der Waals surface area contributed by atoms with Crippen molar-refractivity contribution >= 4 is 5.78 Å². The summed E-state index contributed by atoms with van der Waals surface area (Å²) in [5, 5.41) is 0. The number of rotatable bonds is 4. The number of hydrogen-bond acceptors (Lipinski definition) is 2. The van der Waals surface area contributed by atoms with E-state index in [1.54, 1.807) is 30.3 Å². The summed E-state index contributed by atoms with van der Waals surface area (Å²) in [6.45, 7) is -0.0365. The monoisotopic (exact) mass is 269 g/mol. The molecule has 0 spiro atoms. The molecule has 1 aromatic heterocycles. The van der Waals surface area contributed by atoms with Crippen molar-refractivity contribution in [2.45, 2.75) is 12.9 Å². The number of Topliss-reactive ketones (excluding diaryl/α,β-unsaturated/α-hetero) is 1. The average Bonchev–Trinajstić information content (AvgIpc) is 2.75. The number of aromatic nitrogens is 1. The van der Waals surface area contributed by atoms with Gasteiger partial charge in [-0.1, -0.05) is 30.3 Å². The van der Waals surface area contributed by atoms with Crippen molar-refractivity contribution in [1.29, 1.82) is 0 Å². The summed E-state index contributed by atoms with van der Waals surface area (Å²) in [6.07, 6.45) is -2.23. The number of ether oxygens (including phenoxy) is 1. The molecule has 0 fully saturated rings. The molecule has 2 aromatic rings. The molecule has 1 heterocycles. The van der Waals surface area contributed by atoms with E-state index in [1.807, 2.05) is 0 Å². The molecular formula is C13H10F3NO2. The van der Waals surface area contributed by atoms with Crippen LogP contribution in [0.25, 0.3) is 0 Å². The molecule has 100 valence electrons. The number of benzene rings is 1. The fraction of sp³-hybridized carbons (Fsp3) is 0.154. The molecule has 3 nitrogen and oxygen atoms in total. The molecular weight excluding hydrogens is 259 g/mol. The van der Waals surface area contributed by atoms with Gasteiger partial charge in [-0.2, -0.15) is 0 Å². The quantitative estimate of drug-likeness (QED) is 0.798. The maximum absolute atomic E-state index is 12.0. The van der Waals surface area contributed by atoms with Crippen LogP contribution < -0.4 is 4.74 Å². The number of alkyl halides is 3. The topological polar surface area (TPSA) is 31.2 Å². The Morgan fingerprint density at radius 1 is 1.16 bits per heavy atom. The summed E-state index contributed by atoms with van der Waals surface area (Å²) in [6, 6.07) is 9.69. The number of nitrogens with zero attached hydrogens (tertiary/aromatic N) is 1. The minimum absolute atomic E-state index is 0.0365. The highest BCUT2D eigenvalue weighted by atomic mass is 19.4. The number of hydrogen-bond donors (Lipinski definition) is 0. The lowest BCUT2D eigenvalue weighted by Gasteiger charge is -2.06. The zero-order chi connectivity index (χ0) is 13.9. The standard InChI is InChI=1S/C13H10F3NO2/c14-13(15,16)19-11-6-7-17(8-11)9-12(18)10-4-2-1-3-5-10/h1-8H,9H2. The van der Waals surface area contributed by atoms with Crippen LogP contribution in [0.15, 0.2) is 48.8 Å². The fourth-order valence-corrected chi connectivity index (χ4v) is 1.59. The van der Waals surface area contributed by atoms with E-state index in [9.17, 15) is 18.0 Å². The molecule has 0 amide bonds. The normalized spacial score (nSPS) is 11.3. The Morgan fingerprint density at radius 2 is 1.84 bits per heavy atom. The van der Waals surface area contributed by atoms with Crippen molar-refractivity contribution in [3.05, 3.63) is 54.4 Å². The molecule has 0 unspecified atom stereocenters. The molecule has 0 saturated heterocycles. The predicted molar refractivity (Wildman–Crippen MR) is 61.9 cm³/mol. The third-order valence-electron chi connectivity index (χ3n) is 2.38. The van der Waals surface area contributed by atoms with Gasteiger partial charge in [0.15, 0.2) is 5.78 Å². The number of carbonyl (C=O) groups excluding carboxylic acids is 1. The lowest BCUT2D eigenvalue weighted by molar-refractivity contribution is -0.274. The van der Waals surface area contributed by atoms with Gasteiger partial charge < -0.3 is 9.30 Å². The molecule has 0 radical (unpaired) electrons. The lowest BCUT2D eigenvalue weighted by atomic mass is 10.1. The Bertz CT molecular complexity index is 561. The van der Waals surface area contributed by atoms with Crippen molar-refractivity contribution in [2.75, 3.05) is 0 Å². The summed E-state index contributed by atoms with van der Waals surface area (Å²) in [4.78, 5) is 11.8. The third-order valence-corrected chi connectivity index (χ3v) is 2.38. The first kappa shape index (κ1) is 13.2. The highest BCUT2D eigenvalue weighted by molar-refractivity contribution is 5.95. The summed E-state index contributed by atoms with van der Waals surface area (Å²) in [5.41, 5.74) is 0.509. The minimum atomic E-state index is -4.73. The van der Waals surface area contributed by atoms with Crippen LogP contribution in [0.2, 0.25) is 0 Å². The lowest BCUT2D eigenvalue weighted by Crippen LogP contribution is -2.16. The molecule has 0 aliphatic carbocycles. The van der Waals surface area contributed by atoms with E-state index in [0.29, 0.717) is 5.56 Å². The van der Waals surface area contributed by atoms with Crippen LogP contribution in [-0.4, -0.2) is 16.7 Å². The summed E-state index contributed by atoms with van der Waals surface area (Å²) < 4.78 is 41.0. The molecule has 6 heteroatoms. The Kier molecular flexibility index (Phi) is 3.59. The Hall–Kier alpha value is -2.24. The third kappa shape index (κ3) is 3.87. The van der Waals surface area contributed by atoms with Crippen LogP contribution >= 0.6 is 0 Å². The van der Waals surface area contributed by atoms with Gasteiger partial charge in [0, 0.05) is 18.0 Å². The van der Waals surface area contributed by atoms with Crippen LogP contribution in [0.3, 0.4) is 0 Å². The van der Waals surface area contributed by atoms with E-state index in [1.165, 1.54) is 10.8 Å². The predicted octanol–water partition coefficient (Wildman–Crippen LogP) is 3.27. The number of carbonyl (C=O) groups is 1. The molecule has 2 rings (SSSR count). The number of halogens is 3. The van der Waals surface area contributed by atoms with Crippen LogP contribution in [0.4, 0.5) is 13.2 Å². The van der Waals surface area contributed by atoms with Crippen molar-refractivity contribution in [3.63, 3.8) is 0 Å². The zero-order valence-corrected chi connectivity index (χ0v) is 9.72. The maximum Gasteiger partial charge on any atom is 0.573 e. The van der Waals surface area contributed by atoms with Crippen LogP contribution in [0.1, 0.15) is 10.4 Å². The molecule has 0 atom stereocenters. The maximum atomic E-state index is 12.0. The number of ketones is 1. The van der Waals surface area contributed by atoms with Gasteiger partial charge in [0.25, 0.3) is 0 Å². The highest BCUT2D eigenvalue weighted by Crippen LogP contribution is 2.22. The first-order chi connectivity index (χ1) is 8.94. The van der Waals surface area contributed by atoms with E-state index >= 15 is 0 Å². The summed E-state index contributed by atoms with van der Waals surface area (Å²) in [7, 11) is 0. The van der Waals surface area contributed by atoms with Gasteiger partial charge in [0.1, 0.15) is 5.75 Å². The summed E-state index contributed by atoms with van der Waals surface area (Å²) >= 11 is 0. The Labute approximate surface area is 107 Å². The average molecular weight is 269 g/mol. The second-order valence-electron chi connectivity index (χ2n) is 3.86. The van der Waals surface area contributed by atoms with Crippen molar-refractivity contribution < 1.29 is 22.7 Å². The summed E-state index contributed by atoms with van der Waals surface area (Å²) in [5.74, 6) is -0.525. The largest absolute Gasteiger partial charge is 0.573 e.